The zero-order valence-electron chi connectivity index (χ0n) is 16.4. The van der Waals surface area contributed by atoms with Gasteiger partial charge in [-0.15, -0.1) is 0 Å². The van der Waals surface area contributed by atoms with Crippen LogP contribution in [0, 0.1) is 13.3 Å². The largest absolute Gasteiger partial charge is 0.378 e. The molecule has 0 bridgehead atoms. The maximum Gasteiger partial charge on any atom is 0.0606 e. The number of hydrogen-bond donors (Lipinski definition) is 0. The molecule has 142 valence electrons. The van der Waals surface area contributed by atoms with Crippen LogP contribution in [0.4, 0.5) is 0 Å². The van der Waals surface area contributed by atoms with Gasteiger partial charge in [0.2, 0.25) is 0 Å². The molecule has 1 fully saturated rings. The SMILES string of the molecule is [CH2]CCCCCCCCCCCCCCCCOC1[CH]CCCC1. The third kappa shape index (κ3) is 14.3. The number of unbranched alkanes of at least 4 members (excludes halogenated alkanes) is 14. The molecule has 0 N–H and O–H groups in total. The van der Waals surface area contributed by atoms with Gasteiger partial charge in [0, 0.05) is 6.61 Å². The van der Waals surface area contributed by atoms with E-state index in [1.165, 1.54) is 116 Å². The normalized spacial score (nSPS) is 15.9. The molecule has 24 heavy (non-hydrogen) atoms. The zero-order valence-corrected chi connectivity index (χ0v) is 16.4. The second-order valence-electron chi connectivity index (χ2n) is 7.73. The van der Waals surface area contributed by atoms with Crippen molar-refractivity contribution < 1.29 is 4.74 Å². The van der Waals surface area contributed by atoms with Crippen molar-refractivity contribution in [2.45, 2.75) is 128 Å². The van der Waals surface area contributed by atoms with E-state index < -0.39 is 0 Å². The van der Waals surface area contributed by atoms with Crippen LogP contribution < -0.4 is 0 Å². The van der Waals surface area contributed by atoms with E-state index >= 15 is 0 Å². The lowest BCUT2D eigenvalue weighted by atomic mass is 9.98. The Kier molecular flexibility index (Phi) is 16.3. The first-order valence-electron chi connectivity index (χ1n) is 11.2. The van der Waals surface area contributed by atoms with Crippen LogP contribution in [0.2, 0.25) is 0 Å². The molecule has 2 radical (unpaired) electrons. The maximum atomic E-state index is 5.94. The Hall–Kier alpha value is -0.0400. The first-order valence-corrected chi connectivity index (χ1v) is 11.2. The molecule has 0 aromatic heterocycles. The van der Waals surface area contributed by atoms with E-state index in [0.29, 0.717) is 6.10 Å². The van der Waals surface area contributed by atoms with Gasteiger partial charge in [0.1, 0.15) is 0 Å². The Morgan fingerprint density at radius 3 is 1.62 bits per heavy atom. The molecule has 1 rings (SSSR count). The summed E-state index contributed by atoms with van der Waals surface area (Å²) in [6.07, 6.45) is 29.0. The summed E-state index contributed by atoms with van der Waals surface area (Å²) in [5, 5.41) is 0. The summed E-state index contributed by atoms with van der Waals surface area (Å²) in [5.74, 6) is 0. The fourth-order valence-electron chi connectivity index (χ4n) is 3.70. The molecule has 0 heterocycles. The highest BCUT2D eigenvalue weighted by atomic mass is 16.5. The quantitative estimate of drug-likeness (QED) is 0.246. The van der Waals surface area contributed by atoms with Crippen molar-refractivity contribution in [3.05, 3.63) is 13.3 Å². The smallest absolute Gasteiger partial charge is 0.0606 e. The van der Waals surface area contributed by atoms with Gasteiger partial charge in [0.25, 0.3) is 0 Å². The van der Waals surface area contributed by atoms with Gasteiger partial charge < -0.3 is 4.74 Å². The molecule has 1 unspecified atom stereocenters. The molecule has 1 aliphatic rings. The fourth-order valence-corrected chi connectivity index (χ4v) is 3.70. The summed E-state index contributed by atoms with van der Waals surface area (Å²) < 4.78 is 5.94. The molecule has 0 amide bonds. The predicted molar refractivity (Wildman–Crippen MR) is 107 cm³/mol. The molecule has 0 spiro atoms. The molecule has 0 aromatic rings. The van der Waals surface area contributed by atoms with Crippen LogP contribution in [0.15, 0.2) is 0 Å². The first-order chi connectivity index (χ1) is 11.9. The third-order valence-electron chi connectivity index (χ3n) is 5.35. The van der Waals surface area contributed by atoms with Crippen molar-refractivity contribution in [2.24, 2.45) is 0 Å². The predicted octanol–water partition coefficient (Wildman–Crippen LogP) is 7.84. The van der Waals surface area contributed by atoms with Crippen LogP contribution in [0.5, 0.6) is 0 Å². The van der Waals surface area contributed by atoms with Gasteiger partial charge in [0.05, 0.1) is 6.10 Å². The Morgan fingerprint density at radius 2 is 1.17 bits per heavy atom. The van der Waals surface area contributed by atoms with E-state index in [4.69, 9.17) is 4.74 Å². The highest BCUT2D eigenvalue weighted by Crippen LogP contribution is 2.19. The molecule has 0 aromatic carbocycles. The van der Waals surface area contributed by atoms with Gasteiger partial charge in [-0.1, -0.05) is 110 Å². The van der Waals surface area contributed by atoms with Crippen molar-refractivity contribution in [3.8, 4) is 0 Å². The molecule has 1 nitrogen and oxygen atoms in total. The molecule has 1 saturated carbocycles. The van der Waals surface area contributed by atoms with E-state index in [-0.39, 0.29) is 0 Å². The van der Waals surface area contributed by atoms with Gasteiger partial charge in [-0.2, -0.15) is 0 Å². The van der Waals surface area contributed by atoms with Crippen LogP contribution >= 0.6 is 0 Å². The average molecular weight is 337 g/mol. The first kappa shape index (κ1) is 22.0. The Balaban J connectivity index is 1.66. The second kappa shape index (κ2) is 17.8. The van der Waals surface area contributed by atoms with Crippen LogP contribution in [0.1, 0.15) is 122 Å². The van der Waals surface area contributed by atoms with E-state index in [1.807, 2.05) is 0 Å². The van der Waals surface area contributed by atoms with Gasteiger partial charge >= 0.3 is 0 Å². The lowest BCUT2D eigenvalue weighted by Gasteiger charge is -2.21. The fraction of sp³-hybridized carbons (Fsp3) is 0.913. The minimum absolute atomic E-state index is 0.474. The van der Waals surface area contributed by atoms with E-state index in [0.717, 1.165) is 13.0 Å². The average Bonchev–Trinajstić information content (AvgIpc) is 2.62. The zero-order chi connectivity index (χ0) is 17.1. The highest BCUT2D eigenvalue weighted by Gasteiger charge is 2.13. The molecule has 1 heteroatoms. The molecular weight excluding hydrogens is 292 g/mol. The van der Waals surface area contributed by atoms with E-state index in [2.05, 4.69) is 13.3 Å². The summed E-state index contributed by atoms with van der Waals surface area (Å²) in [7, 11) is 0. The Labute approximate surface area is 153 Å². The summed E-state index contributed by atoms with van der Waals surface area (Å²) in [5.41, 5.74) is 0. The highest BCUT2D eigenvalue weighted by molar-refractivity contribution is 4.81. The van der Waals surface area contributed by atoms with Crippen molar-refractivity contribution >= 4 is 0 Å². The monoisotopic (exact) mass is 336 g/mol. The van der Waals surface area contributed by atoms with Crippen LogP contribution in [-0.4, -0.2) is 12.7 Å². The summed E-state index contributed by atoms with van der Waals surface area (Å²) in [6, 6.07) is 0. The minimum atomic E-state index is 0.474. The van der Waals surface area contributed by atoms with E-state index in [9.17, 15) is 0 Å². The van der Waals surface area contributed by atoms with Gasteiger partial charge in [-0.05, 0) is 25.7 Å². The second-order valence-corrected chi connectivity index (χ2v) is 7.73. The lowest BCUT2D eigenvalue weighted by molar-refractivity contribution is 0.0549. The van der Waals surface area contributed by atoms with Crippen molar-refractivity contribution in [3.63, 3.8) is 0 Å². The molecule has 1 atom stereocenters. The summed E-state index contributed by atoms with van der Waals surface area (Å²) in [6.45, 7) is 4.88. The minimum Gasteiger partial charge on any atom is -0.378 e. The topological polar surface area (TPSA) is 9.23 Å². The maximum absolute atomic E-state index is 5.94. The standard InChI is InChI=1S/C23H44O/c1-2-3-4-5-6-7-8-9-10-11-12-13-14-15-19-22-24-23-20-17-16-18-21-23/h20,23H,1-19,21-22H2. The number of ether oxygens (including phenoxy) is 1. The van der Waals surface area contributed by atoms with Crippen LogP contribution in [0.25, 0.3) is 0 Å². The number of rotatable bonds is 17. The van der Waals surface area contributed by atoms with Crippen LogP contribution in [0.3, 0.4) is 0 Å². The lowest BCUT2D eigenvalue weighted by Crippen LogP contribution is -2.17. The van der Waals surface area contributed by atoms with Crippen molar-refractivity contribution in [1.82, 2.24) is 0 Å². The number of hydrogen-bond acceptors (Lipinski definition) is 1. The van der Waals surface area contributed by atoms with E-state index in [1.54, 1.807) is 0 Å². The van der Waals surface area contributed by atoms with Crippen molar-refractivity contribution in [1.29, 1.82) is 0 Å². The Morgan fingerprint density at radius 1 is 0.667 bits per heavy atom. The van der Waals surface area contributed by atoms with Gasteiger partial charge in [-0.25, -0.2) is 0 Å². The Bertz CT molecular complexity index is 232. The summed E-state index contributed by atoms with van der Waals surface area (Å²) in [4.78, 5) is 0. The molecule has 1 aliphatic carbocycles. The van der Waals surface area contributed by atoms with Crippen molar-refractivity contribution in [2.75, 3.05) is 6.61 Å². The molecule has 0 aliphatic heterocycles. The van der Waals surface area contributed by atoms with Gasteiger partial charge in [-0.3, -0.25) is 0 Å². The van der Waals surface area contributed by atoms with Crippen LogP contribution in [-0.2, 0) is 4.74 Å². The van der Waals surface area contributed by atoms with Gasteiger partial charge in [0.15, 0.2) is 0 Å². The molecular formula is C23H44O. The summed E-state index contributed by atoms with van der Waals surface area (Å²) >= 11 is 0. The third-order valence-corrected chi connectivity index (χ3v) is 5.35. The molecule has 0 saturated heterocycles.